The van der Waals surface area contributed by atoms with Gasteiger partial charge in [-0.2, -0.15) is 0 Å². The summed E-state index contributed by atoms with van der Waals surface area (Å²) < 4.78 is 24.6. The molecule has 0 aromatic heterocycles. The number of carbonyl (C=O) groups excluding carboxylic acids is 1. The summed E-state index contributed by atoms with van der Waals surface area (Å²) in [5.74, 6) is 0.338. The number of rotatable bonds is 7. The molecule has 1 aromatic carbocycles. The Morgan fingerprint density at radius 1 is 1.10 bits per heavy atom. The molecule has 0 bridgehead atoms. The Morgan fingerprint density at radius 3 is 2.10 bits per heavy atom. The molecule has 1 aromatic rings. The zero-order valence-electron chi connectivity index (χ0n) is 12.8. The molecule has 118 valence electrons. The van der Waals surface area contributed by atoms with Gasteiger partial charge in [-0.3, -0.25) is 9.52 Å². The Hall–Kier alpha value is -1.76. The first-order valence-electron chi connectivity index (χ1n) is 6.79. The summed E-state index contributed by atoms with van der Waals surface area (Å²) in [6.07, 6.45) is 1.10. The van der Waals surface area contributed by atoms with E-state index in [1.54, 1.807) is 31.2 Å². The zero-order valence-corrected chi connectivity index (χ0v) is 13.6. The van der Waals surface area contributed by atoms with Crippen LogP contribution in [0.15, 0.2) is 24.3 Å². The Balaban J connectivity index is 2.57. The van der Waals surface area contributed by atoms with E-state index in [0.29, 0.717) is 18.2 Å². The second-order valence-electron chi connectivity index (χ2n) is 5.46. The molecule has 1 atom stereocenters. The lowest BCUT2D eigenvalue weighted by Gasteiger charge is -2.16. The van der Waals surface area contributed by atoms with Crippen LogP contribution >= 0.6 is 0 Å². The number of hydrogen-bond donors (Lipinski definition) is 3. The van der Waals surface area contributed by atoms with Crippen molar-refractivity contribution in [3.63, 3.8) is 0 Å². The maximum Gasteiger partial charge on any atom is 0.242 e. The Bertz CT molecular complexity index is 568. The van der Waals surface area contributed by atoms with E-state index in [2.05, 4.69) is 15.4 Å². The van der Waals surface area contributed by atoms with Crippen molar-refractivity contribution in [3.05, 3.63) is 24.3 Å². The van der Waals surface area contributed by atoms with E-state index in [9.17, 15) is 13.2 Å². The fourth-order valence-corrected chi connectivity index (χ4v) is 2.19. The van der Waals surface area contributed by atoms with E-state index in [0.717, 1.165) is 11.9 Å². The molecule has 6 nitrogen and oxygen atoms in total. The minimum Gasteiger partial charge on any atom is -0.374 e. The fourth-order valence-electron chi connectivity index (χ4n) is 1.62. The molecule has 21 heavy (non-hydrogen) atoms. The van der Waals surface area contributed by atoms with Crippen molar-refractivity contribution < 1.29 is 13.2 Å². The Kier molecular flexibility index (Phi) is 6.02. The molecular weight excluding hydrogens is 290 g/mol. The summed E-state index contributed by atoms with van der Waals surface area (Å²) in [6, 6.07) is 6.36. The van der Waals surface area contributed by atoms with Crippen LogP contribution in [0.2, 0.25) is 0 Å². The zero-order chi connectivity index (χ0) is 16.0. The molecule has 0 fully saturated rings. The molecule has 0 aliphatic rings. The highest BCUT2D eigenvalue weighted by atomic mass is 32.2. The van der Waals surface area contributed by atoms with Gasteiger partial charge in [0, 0.05) is 17.9 Å². The molecule has 1 amide bonds. The lowest BCUT2D eigenvalue weighted by atomic mass is 10.2. The van der Waals surface area contributed by atoms with E-state index in [-0.39, 0.29) is 11.9 Å². The molecule has 0 radical (unpaired) electrons. The SMILES string of the molecule is CC(C)CNC(=O)[C@H](C)Nc1ccc(NS(C)(=O)=O)cc1. The van der Waals surface area contributed by atoms with Crippen LogP contribution in [0, 0.1) is 5.92 Å². The van der Waals surface area contributed by atoms with Crippen molar-refractivity contribution >= 4 is 27.3 Å². The first-order chi connectivity index (χ1) is 9.67. The Morgan fingerprint density at radius 2 is 1.62 bits per heavy atom. The maximum atomic E-state index is 11.8. The van der Waals surface area contributed by atoms with Gasteiger partial charge in [-0.1, -0.05) is 13.8 Å². The van der Waals surface area contributed by atoms with Gasteiger partial charge in [-0.25, -0.2) is 8.42 Å². The van der Waals surface area contributed by atoms with Gasteiger partial charge in [0.25, 0.3) is 0 Å². The molecule has 0 saturated carbocycles. The second-order valence-corrected chi connectivity index (χ2v) is 7.21. The summed E-state index contributed by atoms with van der Waals surface area (Å²) in [5, 5.41) is 5.92. The van der Waals surface area contributed by atoms with Crippen LogP contribution in [0.3, 0.4) is 0 Å². The van der Waals surface area contributed by atoms with E-state index in [1.807, 2.05) is 13.8 Å². The van der Waals surface area contributed by atoms with Gasteiger partial charge in [0.05, 0.1) is 6.26 Å². The van der Waals surface area contributed by atoms with Gasteiger partial charge in [0.2, 0.25) is 15.9 Å². The van der Waals surface area contributed by atoms with Crippen LogP contribution in [0.1, 0.15) is 20.8 Å². The van der Waals surface area contributed by atoms with Crippen LogP contribution in [0.4, 0.5) is 11.4 Å². The predicted molar refractivity (Wildman–Crippen MR) is 85.8 cm³/mol. The van der Waals surface area contributed by atoms with Crippen LogP contribution in [0.25, 0.3) is 0 Å². The average molecular weight is 313 g/mol. The molecule has 0 unspecified atom stereocenters. The first kappa shape index (κ1) is 17.3. The van der Waals surface area contributed by atoms with Crippen molar-refractivity contribution in [1.82, 2.24) is 5.32 Å². The van der Waals surface area contributed by atoms with Crippen LogP contribution in [-0.2, 0) is 14.8 Å². The summed E-state index contributed by atoms with van der Waals surface area (Å²) in [4.78, 5) is 11.8. The van der Waals surface area contributed by atoms with E-state index in [1.165, 1.54) is 0 Å². The third kappa shape index (κ3) is 6.99. The molecule has 0 heterocycles. The van der Waals surface area contributed by atoms with Crippen molar-refractivity contribution in [1.29, 1.82) is 0 Å². The van der Waals surface area contributed by atoms with Gasteiger partial charge in [-0.05, 0) is 37.1 Å². The monoisotopic (exact) mass is 313 g/mol. The Labute approximate surface area is 126 Å². The van der Waals surface area contributed by atoms with Crippen LogP contribution in [-0.4, -0.2) is 33.2 Å². The molecule has 0 saturated heterocycles. The fraction of sp³-hybridized carbons (Fsp3) is 0.500. The number of carbonyl (C=O) groups is 1. The average Bonchev–Trinajstić information content (AvgIpc) is 2.36. The highest BCUT2D eigenvalue weighted by Gasteiger charge is 2.12. The summed E-state index contributed by atoms with van der Waals surface area (Å²) in [5.41, 5.74) is 1.24. The third-order valence-electron chi connectivity index (χ3n) is 2.65. The molecule has 0 aliphatic heterocycles. The number of anilines is 2. The molecule has 7 heteroatoms. The van der Waals surface area contributed by atoms with Gasteiger partial charge >= 0.3 is 0 Å². The van der Waals surface area contributed by atoms with E-state index in [4.69, 9.17) is 0 Å². The van der Waals surface area contributed by atoms with Crippen molar-refractivity contribution in [2.45, 2.75) is 26.8 Å². The molecule has 0 spiro atoms. The van der Waals surface area contributed by atoms with Crippen molar-refractivity contribution in [2.75, 3.05) is 22.8 Å². The third-order valence-corrected chi connectivity index (χ3v) is 3.26. The first-order valence-corrected chi connectivity index (χ1v) is 8.68. The quantitative estimate of drug-likeness (QED) is 0.714. The maximum absolute atomic E-state index is 11.8. The minimum atomic E-state index is -3.28. The van der Waals surface area contributed by atoms with Gasteiger partial charge in [0.15, 0.2) is 0 Å². The molecular formula is C14H23N3O3S. The lowest BCUT2D eigenvalue weighted by molar-refractivity contribution is -0.121. The number of hydrogen-bond acceptors (Lipinski definition) is 4. The smallest absolute Gasteiger partial charge is 0.242 e. The minimum absolute atomic E-state index is 0.0676. The number of amides is 1. The standard InChI is InChI=1S/C14H23N3O3S/c1-10(2)9-15-14(18)11(3)16-12-5-7-13(8-6-12)17-21(4,19)20/h5-8,10-11,16-17H,9H2,1-4H3,(H,15,18)/t11-/m0/s1. The van der Waals surface area contributed by atoms with Gasteiger partial charge < -0.3 is 10.6 Å². The molecule has 3 N–H and O–H groups in total. The van der Waals surface area contributed by atoms with Crippen molar-refractivity contribution in [2.24, 2.45) is 5.92 Å². The topological polar surface area (TPSA) is 87.3 Å². The molecule has 1 rings (SSSR count). The normalized spacial score (nSPS) is 12.8. The van der Waals surface area contributed by atoms with Gasteiger partial charge in [-0.15, -0.1) is 0 Å². The van der Waals surface area contributed by atoms with Gasteiger partial charge in [0.1, 0.15) is 6.04 Å². The highest BCUT2D eigenvalue weighted by molar-refractivity contribution is 7.92. The van der Waals surface area contributed by atoms with E-state index >= 15 is 0 Å². The predicted octanol–water partition coefficient (Wildman–Crippen LogP) is 1.63. The number of sulfonamides is 1. The van der Waals surface area contributed by atoms with Crippen LogP contribution in [0.5, 0.6) is 0 Å². The summed E-state index contributed by atoms with van der Waals surface area (Å²) >= 11 is 0. The van der Waals surface area contributed by atoms with Crippen molar-refractivity contribution in [3.8, 4) is 0 Å². The number of nitrogens with one attached hydrogen (secondary N) is 3. The highest BCUT2D eigenvalue weighted by Crippen LogP contribution is 2.15. The van der Waals surface area contributed by atoms with Crippen LogP contribution < -0.4 is 15.4 Å². The summed E-state index contributed by atoms with van der Waals surface area (Å²) in [6.45, 7) is 6.48. The number of benzene rings is 1. The second kappa shape index (κ2) is 7.31. The summed E-state index contributed by atoms with van der Waals surface area (Å²) in [7, 11) is -3.28. The molecule has 0 aliphatic carbocycles. The van der Waals surface area contributed by atoms with E-state index < -0.39 is 10.0 Å². The lowest BCUT2D eigenvalue weighted by Crippen LogP contribution is -2.39. The largest absolute Gasteiger partial charge is 0.374 e.